The summed E-state index contributed by atoms with van der Waals surface area (Å²) in [6.07, 6.45) is 2.89. The van der Waals surface area contributed by atoms with Crippen molar-refractivity contribution in [3.8, 4) is 0 Å². The second-order valence-corrected chi connectivity index (χ2v) is 5.65. The van der Waals surface area contributed by atoms with Crippen LogP contribution in [0.15, 0.2) is 4.47 Å². The van der Waals surface area contributed by atoms with Crippen molar-refractivity contribution < 1.29 is 4.74 Å². The van der Waals surface area contributed by atoms with Crippen LogP contribution in [0.5, 0.6) is 0 Å². The summed E-state index contributed by atoms with van der Waals surface area (Å²) in [4.78, 5) is 0. The van der Waals surface area contributed by atoms with E-state index in [2.05, 4.69) is 28.0 Å². The molecule has 1 saturated heterocycles. The molecule has 1 fully saturated rings. The third kappa shape index (κ3) is 2.72. The molecule has 4 nitrogen and oxygen atoms in total. The SMILES string of the molecule is CCn1nc(C)c(Br)c1CC1(N)CCCOC1. The lowest BCUT2D eigenvalue weighted by Crippen LogP contribution is -2.49. The van der Waals surface area contributed by atoms with Crippen molar-refractivity contribution >= 4 is 15.9 Å². The van der Waals surface area contributed by atoms with Crippen molar-refractivity contribution in [2.24, 2.45) is 5.73 Å². The molecule has 1 aliphatic rings. The normalized spacial score (nSPS) is 25.2. The topological polar surface area (TPSA) is 53.1 Å². The van der Waals surface area contributed by atoms with E-state index in [0.29, 0.717) is 6.61 Å². The van der Waals surface area contributed by atoms with Crippen LogP contribution in [0.1, 0.15) is 31.2 Å². The van der Waals surface area contributed by atoms with Gasteiger partial charge in [-0.3, -0.25) is 4.68 Å². The standard InChI is InChI=1S/C12H20BrN3O/c1-3-16-10(11(13)9(2)15-16)7-12(14)5-4-6-17-8-12/h3-8,14H2,1-2H3. The fraction of sp³-hybridized carbons (Fsp3) is 0.750. The van der Waals surface area contributed by atoms with Crippen LogP contribution in [-0.4, -0.2) is 28.5 Å². The van der Waals surface area contributed by atoms with Gasteiger partial charge in [-0.1, -0.05) is 0 Å². The fourth-order valence-corrected chi connectivity index (χ4v) is 2.81. The number of aromatic nitrogens is 2. The molecule has 0 spiro atoms. The van der Waals surface area contributed by atoms with Gasteiger partial charge in [0.1, 0.15) is 0 Å². The molecule has 96 valence electrons. The number of hydrogen-bond acceptors (Lipinski definition) is 3. The predicted octanol–water partition coefficient (Wildman–Crippen LogP) is 2.02. The zero-order valence-corrected chi connectivity index (χ0v) is 12.1. The summed E-state index contributed by atoms with van der Waals surface area (Å²) in [7, 11) is 0. The van der Waals surface area contributed by atoms with E-state index >= 15 is 0 Å². The van der Waals surface area contributed by atoms with Gasteiger partial charge in [0.05, 0.1) is 22.5 Å². The lowest BCUT2D eigenvalue weighted by Gasteiger charge is -2.33. The second kappa shape index (κ2) is 5.08. The molecule has 2 heterocycles. The molecule has 17 heavy (non-hydrogen) atoms. The summed E-state index contributed by atoms with van der Waals surface area (Å²) in [5, 5.41) is 4.50. The first kappa shape index (κ1) is 13.1. The molecular weight excluding hydrogens is 282 g/mol. The second-order valence-electron chi connectivity index (χ2n) is 4.86. The number of ether oxygens (including phenoxy) is 1. The fourth-order valence-electron chi connectivity index (χ4n) is 2.38. The summed E-state index contributed by atoms with van der Waals surface area (Å²) in [5.74, 6) is 0. The smallest absolute Gasteiger partial charge is 0.0738 e. The Morgan fingerprint density at radius 1 is 1.59 bits per heavy atom. The number of halogens is 1. The van der Waals surface area contributed by atoms with Crippen LogP contribution in [-0.2, 0) is 17.7 Å². The highest BCUT2D eigenvalue weighted by Gasteiger charge is 2.31. The Labute approximate surface area is 111 Å². The minimum Gasteiger partial charge on any atom is -0.380 e. The highest BCUT2D eigenvalue weighted by atomic mass is 79.9. The molecule has 0 saturated carbocycles. The van der Waals surface area contributed by atoms with Crippen molar-refractivity contribution in [2.75, 3.05) is 13.2 Å². The predicted molar refractivity (Wildman–Crippen MR) is 71.0 cm³/mol. The Kier molecular flexibility index (Phi) is 3.90. The van der Waals surface area contributed by atoms with Gasteiger partial charge >= 0.3 is 0 Å². The maximum absolute atomic E-state index is 6.41. The molecule has 2 N–H and O–H groups in total. The summed E-state index contributed by atoms with van der Waals surface area (Å²) in [5.41, 5.74) is 8.39. The number of nitrogens with two attached hydrogens (primary N) is 1. The average Bonchev–Trinajstić information content (AvgIpc) is 2.57. The molecule has 0 bridgehead atoms. The monoisotopic (exact) mass is 301 g/mol. The molecule has 2 rings (SSSR count). The Morgan fingerprint density at radius 2 is 2.35 bits per heavy atom. The summed E-state index contributed by atoms with van der Waals surface area (Å²) in [6, 6.07) is 0. The number of rotatable bonds is 3. The van der Waals surface area contributed by atoms with Crippen molar-refractivity contribution in [3.63, 3.8) is 0 Å². The van der Waals surface area contributed by atoms with Gasteiger partial charge in [0.25, 0.3) is 0 Å². The van der Waals surface area contributed by atoms with E-state index in [4.69, 9.17) is 10.5 Å². The van der Waals surface area contributed by atoms with E-state index in [1.807, 2.05) is 11.6 Å². The van der Waals surface area contributed by atoms with Gasteiger partial charge in [-0.15, -0.1) is 0 Å². The minimum absolute atomic E-state index is 0.236. The Bertz CT molecular complexity index is 397. The molecule has 0 amide bonds. The van der Waals surface area contributed by atoms with Crippen LogP contribution in [0.25, 0.3) is 0 Å². The van der Waals surface area contributed by atoms with E-state index < -0.39 is 0 Å². The molecular formula is C12H20BrN3O. The van der Waals surface area contributed by atoms with Gasteiger partial charge in [0.2, 0.25) is 0 Å². The molecule has 0 aliphatic carbocycles. The van der Waals surface area contributed by atoms with Crippen LogP contribution in [0.3, 0.4) is 0 Å². The van der Waals surface area contributed by atoms with Gasteiger partial charge in [-0.2, -0.15) is 5.10 Å². The molecule has 0 radical (unpaired) electrons. The first-order valence-corrected chi connectivity index (χ1v) is 6.93. The van der Waals surface area contributed by atoms with Gasteiger partial charge in [0, 0.05) is 25.1 Å². The molecule has 1 unspecified atom stereocenters. The maximum atomic E-state index is 6.41. The van der Waals surface area contributed by atoms with Crippen molar-refractivity contribution in [3.05, 3.63) is 15.9 Å². The molecule has 1 aromatic heterocycles. The zero-order chi connectivity index (χ0) is 12.5. The van der Waals surface area contributed by atoms with Gasteiger partial charge in [-0.05, 0) is 42.6 Å². The van der Waals surface area contributed by atoms with Crippen LogP contribution in [0, 0.1) is 6.92 Å². The summed E-state index contributed by atoms with van der Waals surface area (Å²) in [6.45, 7) is 6.47. The van der Waals surface area contributed by atoms with E-state index in [-0.39, 0.29) is 5.54 Å². The van der Waals surface area contributed by atoms with Crippen molar-refractivity contribution in [1.29, 1.82) is 0 Å². The van der Waals surface area contributed by atoms with E-state index in [1.54, 1.807) is 0 Å². The Balaban J connectivity index is 2.22. The number of hydrogen-bond donors (Lipinski definition) is 1. The van der Waals surface area contributed by atoms with Gasteiger partial charge < -0.3 is 10.5 Å². The summed E-state index contributed by atoms with van der Waals surface area (Å²) < 4.78 is 8.63. The third-order valence-corrected chi connectivity index (χ3v) is 4.36. The summed E-state index contributed by atoms with van der Waals surface area (Å²) >= 11 is 3.61. The van der Waals surface area contributed by atoms with E-state index in [0.717, 1.165) is 42.6 Å². The largest absolute Gasteiger partial charge is 0.380 e. The molecule has 1 aromatic rings. The highest BCUT2D eigenvalue weighted by molar-refractivity contribution is 9.10. The van der Waals surface area contributed by atoms with Crippen molar-refractivity contribution in [1.82, 2.24) is 9.78 Å². The number of nitrogens with zero attached hydrogens (tertiary/aromatic N) is 2. The van der Waals surface area contributed by atoms with Gasteiger partial charge in [0.15, 0.2) is 0 Å². The van der Waals surface area contributed by atoms with Crippen LogP contribution in [0.4, 0.5) is 0 Å². The van der Waals surface area contributed by atoms with Crippen LogP contribution in [0.2, 0.25) is 0 Å². The van der Waals surface area contributed by atoms with Gasteiger partial charge in [-0.25, -0.2) is 0 Å². The molecule has 0 aromatic carbocycles. The molecule has 5 heteroatoms. The lowest BCUT2D eigenvalue weighted by atomic mass is 9.88. The number of aryl methyl sites for hydroxylation is 2. The highest BCUT2D eigenvalue weighted by Crippen LogP contribution is 2.27. The third-order valence-electron chi connectivity index (χ3n) is 3.33. The quantitative estimate of drug-likeness (QED) is 0.929. The van der Waals surface area contributed by atoms with E-state index in [1.165, 1.54) is 5.69 Å². The first-order valence-electron chi connectivity index (χ1n) is 6.14. The van der Waals surface area contributed by atoms with Crippen LogP contribution >= 0.6 is 15.9 Å². The molecule has 1 atom stereocenters. The average molecular weight is 302 g/mol. The van der Waals surface area contributed by atoms with Crippen molar-refractivity contribution in [2.45, 2.75) is 45.2 Å². The van der Waals surface area contributed by atoms with Crippen LogP contribution < -0.4 is 5.73 Å². The molecule has 1 aliphatic heterocycles. The Morgan fingerprint density at radius 3 is 2.94 bits per heavy atom. The minimum atomic E-state index is -0.236. The first-order chi connectivity index (χ1) is 8.06. The maximum Gasteiger partial charge on any atom is 0.0738 e. The zero-order valence-electron chi connectivity index (χ0n) is 10.5. The Hall–Kier alpha value is -0.390. The lowest BCUT2D eigenvalue weighted by molar-refractivity contribution is 0.0373. The van der Waals surface area contributed by atoms with E-state index in [9.17, 15) is 0 Å².